The van der Waals surface area contributed by atoms with Gasteiger partial charge in [0.05, 0.1) is 0 Å². The van der Waals surface area contributed by atoms with Crippen molar-refractivity contribution in [1.82, 2.24) is 15.2 Å². The summed E-state index contributed by atoms with van der Waals surface area (Å²) >= 11 is 0. The van der Waals surface area contributed by atoms with Crippen molar-refractivity contribution < 1.29 is 0 Å². The molecule has 0 atom stereocenters. The number of aromatic nitrogens is 3. The van der Waals surface area contributed by atoms with Gasteiger partial charge in [-0.2, -0.15) is 0 Å². The second-order valence-electron chi connectivity index (χ2n) is 5.98. The molecule has 2 heterocycles. The highest BCUT2D eigenvalue weighted by Gasteiger charge is 2.10. The zero-order chi connectivity index (χ0) is 17.6. The molecule has 26 heavy (non-hydrogen) atoms. The van der Waals surface area contributed by atoms with Gasteiger partial charge >= 0.3 is 0 Å². The molecule has 0 aliphatic rings. The van der Waals surface area contributed by atoms with E-state index in [1.165, 1.54) is 11.1 Å². The third kappa shape index (κ3) is 3.62. The predicted octanol–water partition coefficient (Wildman–Crippen LogP) is 4.25. The van der Waals surface area contributed by atoms with Crippen molar-refractivity contribution in [3.8, 4) is 0 Å². The third-order valence-corrected chi connectivity index (χ3v) is 4.14. The second kappa shape index (κ2) is 7.61. The number of nitrogens with zero attached hydrogens (tertiary/aromatic N) is 3. The van der Waals surface area contributed by atoms with E-state index in [2.05, 4.69) is 50.1 Å². The van der Waals surface area contributed by atoms with Crippen molar-refractivity contribution in [1.29, 1.82) is 0 Å². The van der Waals surface area contributed by atoms with Crippen LogP contribution in [0.15, 0.2) is 79.0 Å². The SMILES string of the molecule is c1ccc(CNc2nnc(NCc3ccccc3)c3ncccc23)cc1. The normalized spacial score (nSPS) is 10.6. The smallest absolute Gasteiger partial charge is 0.175 e. The van der Waals surface area contributed by atoms with Crippen LogP contribution in [0.2, 0.25) is 0 Å². The van der Waals surface area contributed by atoms with E-state index in [1.807, 2.05) is 48.5 Å². The number of pyridine rings is 1. The summed E-state index contributed by atoms with van der Waals surface area (Å²) in [6, 6.07) is 24.4. The lowest BCUT2D eigenvalue weighted by molar-refractivity contribution is 0.992. The van der Waals surface area contributed by atoms with Crippen LogP contribution in [0.3, 0.4) is 0 Å². The van der Waals surface area contributed by atoms with Gasteiger partial charge in [-0.15, -0.1) is 10.2 Å². The molecule has 2 N–H and O–H groups in total. The highest BCUT2D eigenvalue weighted by molar-refractivity contribution is 5.95. The molecule has 0 saturated heterocycles. The van der Waals surface area contributed by atoms with Crippen molar-refractivity contribution in [2.24, 2.45) is 0 Å². The summed E-state index contributed by atoms with van der Waals surface area (Å²) in [6.07, 6.45) is 1.78. The molecule has 2 aromatic heterocycles. The maximum absolute atomic E-state index is 4.50. The van der Waals surface area contributed by atoms with Crippen LogP contribution >= 0.6 is 0 Å². The number of nitrogens with one attached hydrogen (secondary N) is 2. The molecule has 2 aromatic carbocycles. The molecule has 0 fully saturated rings. The Morgan fingerprint density at radius 3 is 1.85 bits per heavy atom. The highest BCUT2D eigenvalue weighted by Crippen LogP contribution is 2.24. The van der Waals surface area contributed by atoms with E-state index in [-0.39, 0.29) is 0 Å². The van der Waals surface area contributed by atoms with Gasteiger partial charge < -0.3 is 10.6 Å². The summed E-state index contributed by atoms with van der Waals surface area (Å²) < 4.78 is 0. The standard InChI is InChI=1S/C21H19N5/c1-3-8-16(9-4-1)14-23-20-18-12-7-13-22-19(18)21(26-25-20)24-15-17-10-5-2-6-11-17/h1-13H,14-15H2,(H,23,25)(H,24,26). The maximum atomic E-state index is 4.50. The molecule has 0 saturated carbocycles. The van der Waals surface area contributed by atoms with Crippen LogP contribution < -0.4 is 10.6 Å². The van der Waals surface area contributed by atoms with Gasteiger partial charge in [-0.3, -0.25) is 4.98 Å². The van der Waals surface area contributed by atoms with E-state index in [0.717, 1.165) is 16.7 Å². The number of hydrogen-bond acceptors (Lipinski definition) is 5. The molecule has 0 amide bonds. The van der Waals surface area contributed by atoms with Crippen molar-refractivity contribution >= 4 is 22.5 Å². The van der Waals surface area contributed by atoms with E-state index in [0.29, 0.717) is 18.9 Å². The van der Waals surface area contributed by atoms with E-state index < -0.39 is 0 Å². The van der Waals surface area contributed by atoms with Crippen molar-refractivity contribution in [3.05, 3.63) is 90.1 Å². The van der Waals surface area contributed by atoms with Gasteiger partial charge in [0.15, 0.2) is 11.6 Å². The third-order valence-electron chi connectivity index (χ3n) is 4.14. The first-order chi connectivity index (χ1) is 12.9. The second-order valence-corrected chi connectivity index (χ2v) is 5.98. The summed E-state index contributed by atoms with van der Waals surface area (Å²) in [5.74, 6) is 1.43. The van der Waals surface area contributed by atoms with Crippen LogP contribution in [-0.4, -0.2) is 15.2 Å². The minimum atomic E-state index is 0.679. The lowest BCUT2D eigenvalue weighted by atomic mass is 10.2. The molecule has 0 bridgehead atoms. The largest absolute Gasteiger partial charge is 0.364 e. The quantitative estimate of drug-likeness (QED) is 0.549. The predicted molar refractivity (Wildman–Crippen MR) is 105 cm³/mol. The molecule has 0 radical (unpaired) electrons. The molecule has 0 spiro atoms. The number of hydrogen-bond donors (Lipinski definition) is 2. The van der Waals surface area contributed by atoms with E-state index in [9.17, 15) is 0 Å². The Kier molecular flexibility index (Phi) is 4.69. The van der Waals surface area contributed by atoms with Crippen LogP contribution in [0.5, 0.6) is 0 Å². The number of benzene rings is 2. The molecule has 5 nitrogen and oxygen atoms in total. The summed E-state index contributed by atoms with van der Waals surface area (Å²) in [5, 5.41) is 16.4. The molecule has 0 aliphatic carbocycles. The molecule has 128 valence electrons. The Bertz CT molecular complexity index is 905. The molecule has 0 aliphatic heterocycles. The zero-order valence-corrected chi connectivity index (χ0v) is 14.3. The molecule has 4 aromatic rings. The van der Waals surface area contributed by atoms with Crippen molar-refractivity contribution in [3.63, 3.8) is 0 Å². The van der Waals surface area contributed by atoms with Crippen LogP contribution in [0.25, 0.3) is 10.9 Å². The molecule has 4 rings (SSSR count). The van der Waals surface area contributed by atoms with Gasteiger partial charge in [-0.25, -0.2) is 0 Å². The van der Waals surface area contributed by atoms with E-state index in [4.69, 9.17) is 0 Å². The fourth-order valence-electron chi connectivity index (χ4n) is 2.80. The Labute approximate surface area is 152 Å². The van der Waals surface area contributed by atoms with Gasteiger partial charge in [0, 0.05) is 24.7 Å². The zero-order valence-electron chi connectivity index (χ0n) is 14.3. The molecule has 0 unspecified atom stereocenters. The Hall–Kier alpha value is -3.47. The number of anilines is 2. The lowest BCUT2D eigenvalue weighted by Gasteiger charge is -2.11. The highest BCUT2D eigenvalue weighted by atomic mass is 15.2. The van der Waals surface area contributed by atoms with Crippen LogP contribution in [-0.2, 0) is 13.1 Å². The monoisotopic (exact) mass is 341 g/mol. The van der Waals surface area contributed by atoms with Crippen molar-refractivity contribution in [2.75, 3.05) is 10.6 Å². The Morgan fingerprint density at radius 1 is 0.615 bits per heavy atom. The average Bonchev–Trinajstić information content (AvgIpc) is 2.72. The number of rotatable bonds is 6. The first-order valence-electron chi connectivity index (χ1n) is 8.57. The number of fused-ring (bicyclic) bond motifs is 1. The van der Waals surface area contributed by atoms with Gasteiger partial charge in [0.1, 0.15) is 5.52 Å². The summed E-state index contributed by atoms with van der Waals surface area (Å²) in [5.41, 5.74) is 3.19. The Balaban J connectivity index is 1.57. The van der Waals surface area contributed by atoms with Gasteiger partial charge in [0.25, 0.3) is 0 Å². The average molecular weight is 341 g/mol. The van der Waals surface area contributed by atoms with Crippen molar-refractivity contribution in [2.45, 2.75) is 13.1 Å². The fraction of sp³-hybridized carbons (Fsp3) is 0.0952. The minimum absolute atomic E-state index is 0.679. The molecular formula is C21H19N5. The van der Waals surface area contributed by atoms with Crippen LogP contribution in [0, 0.1) is 0 Å². The molecule has 5 heteroatoms. The lowest BCUT2D eigenvalue weighted by Crippen LogP contribution is -2.08. The summed E-state index contributed by atoms with van der Waals surface area (Å²) in [7, 11) is 0. The maximum Gasteiger partial charge on any atom is 0.175 e. The van der Waals surface area contributed by atoms with Gasteiger partial charge in [0.2, 0.25) is 0 Å². The first-order valence-corrected chi connectivity index (χ1v) is 8.57. The molecular weight excluding hydrogens is 322 g/mol. The van der Waals surface area contributed by atoms with E-state index >= 15 is 0 Å². The first kappa shape index (κ1) is 16.0. The van der Waals surface area contributed by atoms with Gasteiger partial charge in [-0.05, 0) is 23.3 Å². The Morgan fingerprint density at radius 2 is 1.19 bits per heavy atom. The summed E-state index contributed by atoms with van der Waals surface area (Å²) in [6.45, 7) is 1.37. The topological polar surface area (TPSA) is 62.7 Å². The fourth-order valence-corrected chi connectivity index (χ4v) is 2.80. The minimum Gasteiger partial charge on any atom is -0.364 e. The summed E-state index contributed by atoms with van der Waals surface area (Å²) in [4.78, 5) is 4.50. The van der Waals surface area contributed by atoms with E-state index in [1.54, 1.807) is 6.20 Å². The van der Waals surface area contributed by atoms with Crippen LogP contribution in [0.1, 0.15) is 11.1 Å². The van der Waals surface area contributed by atoms with Gasteiger partial charge in [-0.1, -0.05) is 60.7 Å². The van der Waals surface area contributed by atoms with Crippen LogP contribution in [0.4, 0.5) is 11.6 Å².